The van der Waals surface area contributed by atoms with Crippen LogP contribution in [0.3, 0.4) is 0 Å². The van der Waals surface area contributed by atoms with E-state index in [0.717, 1.165) is 62.0 Å². The highest BCUT2D eigenvalue weighted by atomic mass is 16.2. The molecule has 5 heteroatoms. The van der Waals surface area contributed by atoms with Crippen molar-refractivity contribution in [3.8, 4) is 0 Å². The van der Waals surface area contributed by atoms with Gasteiger partial charge in [-0.05, 0) is 43.7 Å². The predicted molar refractivity (Wildman–Crippen MR) is 94.8 cm³/mol. The lowest BCUT2D eigenvalue weighted by Gasteiger charge is -2.35. The highest BCUT2D eigenvalue weighted by Crippen LogP contribution is 2.32. The Morgan fingerprint density at radius 2 is 1.92 bits per heavy atom. The number of para-hydroxylation sites is 1. The Labute approximate surface area is 142 Å². The molecule has 2 heterocycles. The summed E-state index contributed by atoms with van der Waals surface area (Å²) in [7, 11) is 1.96. The number of nitrogens with zero attached hydrogens (tertiary/aromatic N) is 4. The van der Waals surface area contributed by atoms with E-state index in [1.165, 1.54) is 0 Å². The number of hydrogen-bond acceptors (Lipinski definition) is 4. The molecule has 2 aliphatic rings. The van der Waals surface area contributed by atoms with E-state index >= 15 is 0 Å². The number of anilines is 1. The molecule has 0 atom stereocenters. The fourth-order valence-electron chi connectivity index (χ4n) is 3.69. The van der Waals surface area contributed by atoms with Gasteiger partial charge in [0.2, 0.25) is 5.91 Å². The highest BCUT2D eigenvalue weighted by Gasteiger charge is 2.33. The van der Waals surface area contributed by atoms with Crippen LogP contribution >= 0.6 is 0 Å². The van der Waals surface area contributed by atoms with Gasteiger partial charge in [0.05, 0.1) is 5.52 Å². The number of benzene rings is 1. The monoisotopic (exact) mass is 324 g/mol. The molecule has 1 aromatic carbocycles. The third-order valence-electron chi connectivity index (χ3n) is 5.27. The summed E-state index contributed by atoms with van der Waals surface area (Å²) in [6.07, 6.45) is 6.05. The molecule has 1 aliphatic heterocycles. The van der Waals surface area contributed by atoms with E-state index in [-0.39, 0.29) is 0 Å². The zero-order valence-corrected chi connectivity index (χ0v) is 14.2. The van der Waals surface area contributed by atoms with Crippen LogP contribution in [0, 0.1) is 11.8 Å². The molecule has 2 aromatic rings. The first kappa shape index (κ1) is 15.4. The number of fused-ring (bicyclic) bond motifs is 1. The number of carbonyl (C=O) groups excluding carboxylic acids is 1. The fourth-order valence-corrected chi connectivity index (χ4v) is 3.69. The number of amides is 1. The molecule has 1 saturated carbocycles. The number of rotatable bonds is 4. The molecule has 0 radical (unpaired) electrons. The van der Waals surface area contributed by atoms with Crippen molar-refractivity contribution in [2.45, 2.75) is 25.7 Å². The lowest BCUT2D eigenvalue weighted by atomic mass is 9.96. The number of carbonyl (C=O) groups is 1. The largest absolute Gasteiger partial charge is 0.356 e. The maximum atomic E-state index is 12.1. The molecule has 0 spiro atoms. The molecule has 0 unspecified atom stereocenters. The van der Waals surface area contributed by atoms with Gasteiger partial charge in [-0.2, -0.15) is 0 Å². The van der Waals surface area contributed by atoms with Crippen LogP contribution in [0.4, 0.5) is 5.82 Å². The molecule has 1 aromatic heterocycles. The van der Waals surface area contributed by atoms with E-state index in [1.54, 1.807) is 6.33 Å². The van der Waals surface area contributed by atoms with Crippen LogP contribution in [-0.2, 0) is 4.79 Å². The maximum absolute atomic E-state index is 12.1. The predicted octanol–water partition coefficient (Wildman–Crippen LogP) is 2.71. The van der Waals surface area contributed by atoms with Crippen molar-refractivity contribution in [1.29, 1.82) is 0 Å². The van der Waals surface area contributed by atoms with Crippen LogP contribution in [0.15, 0.2) is 30.6 Å². The smallest absolute Gasteiger partial charge is 0.225 e. The van der Waals surface area contributed by atoms with E-state index in [4.69, 9.17) is 0 Å². The SMILES string of the molecule is CN(CC1CCN(c2ncnc3ccccc23)CC1)C(=O)C1CC1. The highest BCUT2D eigenvalue weighted by molar-refractivity contribution is 5.89. The van der Waals surface area contributed by atoms with Crippen molar-refractivity contribution in [2.75, 3.05) is 31.6 Å². The van der Waals surface area contributed by atoms with Gasteiger partial charge in [-0.1, -0.05) is 12.1 Å². The van der Waals surface area contributed by atoms with Crippen molar-refractivity contribution < 1.29 is 4.79 Å². The first-order valence-corrected chi connectivity index (χ1v) is 8.92. The molecular formula is C19H24N4O. The van der Waals surface area contributed by atoms with Crippen LogP contribution in [0.25, 0.3) is 10.9 Å². The Hall–Kier alpha value is -2.17. The van der Waals surface area contributed by atoms with E-state index in [9.17, 15) is 4.79 Å². The van der Waals surface area contributed by atoms with Gasteiger partial charge in [-0.15, -0.1) is 0 Å². The zero-order chi connectivity index (χ0) is 16.5. The molecule has 1 saturated heterocycles. The minimum Gasteiger partial charge on any atom is -0.356 e. The van der Waals surface area contributed by atoms with Crippen LogP contribution in [0.2, 0.25) is 0 Å². The van der Waals surface area contributed by atoms with E-state index in [2.05, 4.69) is 20.9 Å². The maximum Gasteiger partial charge on any atom is 0.225 e. The van der Waals surface area contributed by atoms with Crippen molar-refractivity contribution >= 4 is 22.6 Å². The van der Waals surface area contributed by atoms with E-state index in [0.29, 0.717) is 17.7 Å². The average molecular weight is 324 g/mol. The minimum atomic E-state index is 0.322. The van der Waals surface area contributed by atoms with Gasteiger partial charge in [-0.25, -0.2) is 9.97 Å². The van der Waals surface area contributed by atoms with Crippen molar-refractivity contribution in [2.24, 2.45) is 11.8 Å². The summed E-state index contributed by atoms with van der Waals surface area (Å²) in [6, 6.07) is 8.18. The van der Waals surface area contributed by atoms with Gasteiger partial charge in [0.1, 0.15) is 12.1 Å². The number of piperidine rings is 1. The molecule has 1 aliphatic carbocycles. The van der Waals surface area contributed by atoms with Gasteiger partial charge in [0.15, 0.2) is 0 Å². The normalized spacial score (nSPS) is 18.8. The lowest BCUT2D eigenvalue weighted by molar-refractivity contribution is -0.131. The molecule has 0 bridgehead atoms. The topological polar surface area (TPSA) is 49.3 Å². The third kappa shape index (κ3) is 3.07. The molecule has 0 N–H and O–H groups in total. The molecule has 2 fully saturated rings. The van der Waals surface area contributed by atoms with Crippen molar-refractivity contribution in [3.63, 3.8) is 0 Å². The Morgan fingerprint density at radius 3 is 2.67 bits per heavy atom. The van der Waals surface area contributed by atoms with Crippen LogP contribution in [-0.4, -0.2) is 47.5 Å². The quantitative estimate of drug-likeness (QED) is 0.868. The summed E-state index contributed by atoms with van der Waals surface area (Å²) in [5.41, 5.74) is 0.999. The molecule has 1 amide bonds. The standard InChI is InChI=1S/C19H24N4O/c1-22(19(24)15-6-7-15)12-14-8-10-23(11-9-14)18-16-4-2-3-5-17(16)20-13-21-18/h2-5,13-15H,6-12H2,1H3. The number of hydrogen-bond donors (Lipinski definition) is 0. The Kier molecular flexibility index (Phi) is 4.08. The third-order valence-corrected chi connectivity index (χ3v) is 5.27. The summed E-state index contributed by atoms with van der Waals surface area (Å²) in [5.74, 6) is 2.31. The van der Waals surface area contributed by atoms with E-state index in [1.807, 2.05) is 30.1 Å². The minimum absolute atomic E-state index is 0.322. The molecular weight excluding hydrogens is 300 g/mol. The first-order valence-electron chi connectivity index (χ1n) is 8.92. The lowest BCUT2D eigenvalue weighted by Crippen LogP contribution is -2.40. The second-order valence-corrected chi connectivity index (χ2v) is 7.14. The van der Waals surface area contributed by atoms with Gasteiger partial charge in [-0.3, -0.25) is 4.79 Å². The fraction of sp³-hybridized carbons (Fsp3) is 0.526. The van der Waals surface area contributed by atoms with Gasteiger partial charge < -0.3 is 9.80 Å². The van der Waals surface area contributed by atoms with Crippen LogP contribution in [0.1, 0.15) is 25.7 Å². The first-order chi connectivity index (χ1) is 11.7. The molecule has 5 nitrogen and oxygen atoms in total. The Morgan fingerprint density at radius 1 is 1.17 bits per heavy atom. The van der Waals surface area contributed by atoms with Gasteiger partial charge in [0.25, 0.3) is 0 Å². The van der Waals surface area contributed by atoms with Gasteiger partial charge >= 0.3 is 0 Å². The average Bonchev–Trinajstić information content (AvgIpc) is 3.46. The molecule has 4 rings (SSSR count). The van der Waals surface area contributed by atoms with Crippen LogP contribution in [0.5, 0.6) is 0 Å². The number of aromatic nitrogens is 2. The van der Waals surface area contributed by atoms with Gasteiger partial charge in [0, 0.05) is 38.0 Å². The summed E-state index contributed by atoms with van der Waals surface area (Å²) in [4.78, 5) is 25.3. The second kappa shape index (κ2) is 6.38. The Balaban J connectivity index is 1.39. The Bertz CT molecular complexity index is 730. The summed E-state index contributed by atoms with van der Waals surface area (Å²) < 4.78 is 0. The summed E-state index contributed by atoms with van der Waals surface area (Å²) in [5, 5.41) is 1.12. The summed E-state index contributed by atoms with van der Waals surface area (Å²) in [6.45, 7) is 2.89. The van der Waals surface area contributed by atoms with Crippen molar-refractivity contribution in [3.05, 3.63) is 30.6 Å². The second-order valence-electron chi connectivity index (χ2n) is 7.14. The molecule has 24 heavy (non-hydrogen) atoms. The molecule has 126 valence electrons. The zero-order valence-electron chi connectivity index (χ0n) is 14.2. The van der Waals surface area contributed by atoms with Crippen LogP contribution < -0.4 is 4.90 Å². The summed E-state index contributed by atoms with van der Waals surface area (Å²) >= 11 is 0. The van der Waals surface area contributed by atoms with Crippen molar-refractivity contribution in [1.82, 2.24) is 14.9 Å². The van der Waals surface area contributed by atoms with E-state index < -0.39 is 0 Å².